The van der Waals surface area contributed by atoms with Gasteiger partial charge in [0.25, 0.3) is 0 Å². The molecule has 1 amide bonds. The van der Waals surface area contributed by atoms with E-state index in [2.05, 4.69) is 55.6 Å². The molecule has 0 bridgehead atoms. The van der Waals surface area contributed by atoms with Crippen molar-refractivity contribution in [1.29, 1.82) is 0 Å². The van der Waals surface area contributed by atoms with Crippen molar-refractivity contribution in [3.63, 3.8) is 0 Å². The van der Waals surface area contributed by atoms with Gasteiger partial charge in [0, 0.05) is 0 Å². The minimum Gasteiger partial charge on any atom is -0.394 e. The van der Waals surface area contributed by atoms with E-state index in [4.69, 9.17) is 9.47 Å². The Kier molecular flexibility index (Phi) is 52.3. The molecular formula is C66H125NO10. The minimum absolute atomic E-state index is 0.244. The molecule has 1 saturated heterocycles. The highest BCUT2D eigenvalue weighted by molar-refractivity contribution is 5.80. The van der Waals surface area contributed by atoms with Crippen LogP contribution < -0.4 is 5.32 Å². The predicted molar refractivity (Wildman–Crippen MR) is 321 cm³/mol. The third kappa shape index (κ3) is 42.8. The van der Waals surface area contributed by atoms with Crippen molar-refractivity contribution in [3.8, 4) is 0 Å². The van der Waals surface area contributed by atoms with Gasteiger partial charge in [-0.2, -0.15) is 0 Å². The van der Waals surface area contributed by atoms with Crippen LogP contribution in [0.25, 0.3) is 0 Å². The van der Waals surface area contributed by atoms with Crippen molar-refractivity contribution in [2.45, 2.75) is 364 Å². The van der Waals surface area contributed by atoms with Crippen LogP contribution in [-0.4, -0.2) is 110 Å². The second-order valence-corrected chi connectivity index (χ2v) is 23.2. The summed E-state index contributed by atoms with van der Waals surface area (Å²) in [7, 11) is 0. The van der Waals surface area contributed by atoms with Crippen LogP contribution in [0.2, 0.25) is 0 Å². The van der Waals surface area contributed by atoms with Gasteiger partial charge in [-0.05, 0) is 77.0 Å². The molecule has 0 aromatic heterocycles. The van der Waals surface area contributed by atoms with E-state index in [1.165, 1.54) is 205 Å². The number of amides is 1. The van der Waals surface area contributed by atoms with Crippen LogP contribution in [0, 0.1) is 0 Å². The molecule has 0 aromatic rings. The highest BCUT2D eigenvalue weighted by Crippen LogP contribution is 2.24. The third-order valence-electron chi connectivity index (χ3n) is 15.9. The molecule has 9 unspecified atom stereocenters. The lowest BCUT2D eigenvalue weighted by Gasteiger charge is -2.40. The number of hydrogen-bond donors (Lipinski definition) is 8. The van der Waals surface area contributed by atoms with E-state index >= 15 is 0 Å². The summed E-state index contributed by atoms with van der Waals surface area (Å²) in [6.07, 6.45) is 57.9. The van der Waals surface area contributed by atoms with E-state index in [9.17, 15) is 40.5 Å². The summed E-state index contributed by atoms with van der Waals surface area (Å²) in [4.78, 5) is 13.2. The van der Waals surface area contributed by atoms with Crippen molar-refractivity contribution < 1.29 is 50.0 Å². The molecule has 0 radical (unpaired) electrons. The Bertz CT molecular complexity index is 1350. The van der Waals surface area contributed by atoms with Crippen LogP contribution in [0.15, 0.2) is 36.5 Å². The largest absolute Gasteiger partial charge is 0.394 e. The lowest BCUT2D eigenvalue weighted by atomic mass is 9.98. The molecule has 77 heavy (non-hydrogen) atoms. The summed E-state index contributed by atoms with van der Waals surface area (Å²) in [5.74, 6) is -0.712. The van der Waals surface area contributed by atoms with Gasteiger partial charge in [0.05, 0.1) is 25.4 Å². The molecule has 1 fully saturated rings. The first kappa shape index (κ1) is 73.3. The van der Waals surface area contributed by atoms with Crippen LogP contribution in [0.1, 0.15) is 309 Å². The standard InChI is InChI=1S/C66H125NO10/c1-3-5-7-9-11-13-15-17-19-21-23-25-26-27-28-29-30-31-32-33-34-36-37-39-41-43-45-47-49-51-53-58(69)61(71)57(56-76-66-64(74)63(73)62(72)60(55-68)77-66)67-65(75)59(70)54-52-50-48-46-44-42-40-38-35-24-22-20-18-16-14-12-10-8-6-4-2/h35,37-39,45,47,57-64,66,68-74H,3-34,36,40-44,46,48-56H2,1-2H3,(H,67,75)/b38-35-,39-37+,47-45+. The van der Waals surface area contributed by atoms with Gasteiger partial charge in [-0.1, -0.05) is 269 Å². The monoisotopic (exact) mass is 1090 g/mol. The van der Waals surface area contributed by atoms with Crippen molar-refractivity contribution >= 4 is 5.91 Å². The number of rotatable bonds is 57. The number of ether oxygens (including phenoxy) is 2. The van der Waals surface area contributed by atoms with E-state index < -0.39 is 74.2 Å². The molecule has 11 nitrogen and oxygen atoms in total. The molecule has 0 saturated carbocycles. The van der Waals surface area contributed by atoms with Gasteiger partial charge in [0.1, 0.15) is 36.6 Å². The van der Waals surface area contributed by atoms with Gasteiger partial charge in [-0.3, -0.25) is 4.79 Å². The first-order valence-corrected chi connectivity index (χ1v) is 32.9. The SMILES string of the molecule is CCCCCCCCCCCC/C=C\CCCCCCCCC(O)C(=O)NC(COC1OC(CO)C(O)C(O)C1O)C(O)C(O)CCC/C=C/CC/C=C/CCCCCCCCCCCCCCCCCCCCCCC. The highest BCUT2D eigenvalue weighted by Gasteiger charge is 2.44. The number of carbonyl (C=O) groups excluding carboxylic acids is 1. The molecule has 1 aliphatic rings. The normalized spacial score (nSPS) is 19.7. The maximum absolute atomic E-state index is 13.2. The molecule has 1 rings (SSSR count). The quantitative estimate of drug-likeness (QED) is 0.0215. The van der Waals surface area contributed by atoms with Crippen LogP contribution in [0.4, 0.5) is 0 Å². The van der Waals surface area contributed by atoms with Crippen molar-refractivity contribution in [2.24, 2.45) is 0 Å². The highest BCUT2D eigenvalue weighted by atomic mass is 16.7. The average molecular weight is 1090 g/mol. The maximum Gasteiger partial charge on any atom is 0.249 e. The fourth-order valence-electron chi connectivity index (χ4n) is 10.6. The molecule has 8 N–H and O–H groups in total. The Hall–Kier alpha value is -1.67. The molecule has 0 spiro atoms. The first-order valence-electron chi connectivity index (χ1n) is 32.9. The third-order valence-corrected chi connectivity index (χ3v) is 15.9. The van der Waals surface area contributed by atoms with Crippen molar-refractivity contribution in [2.75, 3.05) is 13.2 Å². The lowest BCUT2D eigenvalue weighted by molar-refractivity contribution is -0.303. The summed E-state index contributed by atoms with van der Waals surface area (Å²) in [6.45, 7) is 3.47. The molecule has 11 heteroatoms. The summed E-state index contributed by atoms with van der Waals surface area (Å²) >= 11 is 0. The van der Waals surface area contributed by atoms with Gasteiger partial charge in [0.15, 0.2) is 6.29 Å². The topological polar surface area (TPSA) is 189 Å². The van der Waals surface area contributed by atoms with Crippen LogP contribution in [-0.2, 0) is 14.3 Å². The zero-order valence-electron chi connectivity index (χ0n) is 50.0. The van der Waals surface area contributed by atoms with Gasteiger partial charge in [-0.25, -0.2) is 0 Å². The van der Waals surface area contributed by atoms with Gasteiger partial charge < -0.3 is 50.5 Å². The predicted octanol–water partition coefficient (Wildman–Crippen LogP) is 15.0. The zero-order valence-corrected chi connectivity index (χ0v) is 50.0. The van der Waals surface area contributed by atoms with Crippen LogP contribution in [0.5, 0.6) is 0 Å². The Balaban J connectivity index is 2.26. The number of aliphatic hydroxyl groups excluding tert-OH is 7. The van der Waals surface area contributed by atoms with E-state index in [1.807, 2.05) is 0 Å². The average Bonchev–Trinajstić information content (AvgIpc) is 3.43. The zero-order chi connectivity index (χ0) is 56.1. The van der Waals surface area contributed by atoms with E-state index in [1.54, 1.807) is 0 Å². The molecule has 454 valence electrons. The fraction of sp³-hybridized carbons (Fsp3) is 0.894. The second kappa shape index (κ2) is 54.9. The molecule has 1 aliphatic heterocycles. The van der Waals surface area contributed by atoms with Gasteiger partial charge >= 0.3 is 0 Å². The maximum atomic E-state index is 13.2. The molecule has 0 aliphatic carbocycles. The summed E-state index contributed by atoms with van der Waals surface area (Å²) in [5.41, 5.74) is 0. The van der Waals surface area contributed by atoms with Gasteiger partial charge in [-0.15, -0.1) is 0 Å². The molecule has 0 aromatic carbocycles. The van der Waals surface area contributed by atoms with E-state index in [0.717, 1.165) is 57.8 Å². The van der Waals surface area contributed by atoms with Crippen LogP contribution >= 0.6 is 0 Å². The van der Waals surface area contributed by atoms with E-state index in [0.29, 0.717) is 19.3 Å². The minimum atomic E-state index is -1.67. The number of allylic oxidation sites excluding steroid dienone is 6. The Morgan fingerprint density at radius 1 is 0.442 bits per heavy atom. The molecule has 1 heterocycles. The molecular weight excluding hydrogens is 967 g/mol. The van der Waals surface area contributed by atoms with E-state index in [-0.39, 0.29) is 12.8 Å². The smallest absolute Gasteiger partial charge is 0.249 e. The van der Waals surface area contributed by atoms with Gasteiger partial charge in [0.2, 0.25) is 5.91 Å². The number of carbonyl (C=O) groups is 1. The number of aliphatic hydroxyl groups is 7. The summed E-state index contributed by atoms with van der Waals surface area (Å²) in [6, 6.07) is -1.20. The number of nitrogens with one attached hydrogen (secondary N) is 1. The van der Waals surface area contributed by atoms with Crippen molar-refractivity contribution in [1.82, 2.24) is 5.32 Å². The fourth-order valence-corrected chi connectivity index (χ4v) is 10.6. The Labute approximate surface area is 473 Å². The molecule has 9 atom stereocenters. The van der Waals surface area contributed by atoms with Crippen molar-refractivity contribution in [3.05, 3.63) is 36.5 Å². The number of unbranched alkanes of at least 4 members (excludes halogenated alkanes) is 39. The lowest BCUT2D eigenvalue weighted by Crippen LogP contribution is -2.60. The Morgan fingerprint density at radius 3 is 1.16 bits per heavy atom. The summed E-state index contributed by atoms with van der Waals surface area (Å²) < 4.78 is 11.2. The second-order valence-electron chi connectivity index (χ2n) is 23.2. The first-order chi connectivity index (χ1) is 37.7. The number of hydrogen-bond acceptors (Lipinski definition) is 10. The van der Waals surface area contributed by atoms with Crippen LogP contribution in [0.3, 0.4) is 0 Å². The Morgan fingerprint density at radius 2 is 0.779 bits per heavy atom. The summed E-state index contributed by atoms with van der Waals surface area (Å²) in [5, 5.41) is 76.3.